The highest BCUT2D eigenvalue weighted by molar-refractivity contribution is 5.71. The molecule has 0 unspecified atom stereocenters. The van der Waals surface area contributed by atoms with Gasteiger partial charge in [0.2, 0.25) is 0 Å². The number of hydrogen-bond donors (Lipinski definition) is 0. The largest absolute Gasteiger partial charge is 0.461 e. The summed E-state index contributed by atoms with van der Waals surface area (Å²) in [7, 11) is 0. The summed E-state index contributed by atoms with van der Waals surface area (Å²) in [6.45, 7) is 7.16. The molecule has 1 aromatic heterocycles. The minimum absolute atomic E-state index is 0.290. The first-order valence-electron chi connectivity index (χ1n) is 8.07. The molecule has 0 N–H and O–H groups in total. The molecule has 4 nitrogen and oxygen atoms in total. The van der Waals surface area contributed by atoms with Crippen molar-refractivity contribution in [3.8, 4) is 0 Å². The van der Waals surface area contributed by atoms with E-state index in [1.165, 1.54) is 0 Å². The lowest BCUT2D eigenvalue weighted by atomic mass is 10.1. The van der Waals surface area contributed by atoms with Gasteiger partial charge < -0.3 is 14.1 Å². The summed E-state index contributed by atoms with van der Waals surface area (Å²) in [6, 6.07) is 11.7. The first-order chi connectivity index (χ1) is 11.7. The predicted octanol–water partition coefficient (Wildman–Crippen LogP) is 4.56. The van der Waals surface area contributed by atoms with E-state index in [1.54, 1.807) is 11.0 Å². The Balaban J connectivity index is 1.64. The third kappa shape index (κ3) is 3.43. The van der Waals surface area contributed by atoms with Gasteiger partial charge in [-0.1, -0.05) is 49.1 Å². The standard InChI is InChI=1S/C20H21NO3/c1-3-16(4-2)19-12-17-13-21(11-10-18(17)24-19)20(22)23-14-15-8-6-5-7-9-15/h3-9,12H,1,10-11,13-14H2,2H3/b16-4+. The van der Waals surface area contributed by atoms with Gasteiger partial charge in [-0.2, -0.15) is 0 Å². The lowest BCUT2D eigenvalue weighted by molar-refractivity contribution is 0.0907. The summed E-state index contributed by atoms with van der Waals surface area (Å²) in [5, 5.41) is 0. The van der Waals surface area contributed by atoms with Crippen LogP contribution in [0.2, 0.25) is 0 Å². The highest BCUT2D eigenvalue weighted by Crippen LogP contribution is 2.27. The second-order valence-corrected chi connectivity index (χ2v) is 5.72. The summed E-state index contributed by atoms with van der Waals surface area (Å²) < 4.78 is 11.3. The second-order valence-electron chi connectivity index (χ2n) is 5.72. The fourth-order valence-electron chi connectivity index (χ4n) is 2.80. The Bertz CT molecular complexity index is 758. The maximum absolute atomic E-state index is 12.3. The van der Waals surface area contributed by atoms with Gasteiger partial charge in [0.05, 0.1) is 6.54 Å². The number of rotatable bonds is 4. The van der Waals surface area contributed by atoms with Gasteiger partial charge in [0.1, 0.15) is 18.1 Å². The molecule has 2 heterocycles. The lowest BCUT2D eigenvalue weighted by Gasteiger charge is -2.25. The van der Waals surface area contributed by atoms with Crippen molar-refractivity contribution in [1.29, 1.82) is 0 Å². The molecule has 1 aliphatic rings. The van der Waals surface area contributed by atoms with E-state index >= 15 is 0 Å². The normalized spacial score (nSPS) is 14.2. The zero-order valence-corrected chi connectivity index (χ0v) is 13.8. The number of nitrogens with zero attached hydrogens (tertiary/aromatic N) is 1. The van der Waals surface area contributed by atoms with Gasteiger partial charge >= 0.3 is 6.09 Å². The van der Waals surface area contributed by atoms with Crippen LogP contribution in [0.3, 0.4) is 0 Å². The van der Waals surface area contributed by atoms with Crippen LogP contribution in [0.15, 0.2) is 59.5 Å². The van der Waals surface area contributed by atoms with E-state index in [4.69, 9.17) is 9.15 Å². The van der Waals surface area contributed by atoms with Crippen molar-refractivity contribution in [3.05, 3.63) is 77.8 Å². The van der Waals surface area contributed by atoms with Crippen molar-refractivity contribution < 1.29 is 13.9 Å². The molecule has 124 valence electrons. The highest BCUT2D eigenvalue weighted by Gasteiger charge is 2.25. The van der Waals surface area contributed by atoms with Crippen molar-refractivity contribution in [2.24, 2.45) is 0 Å². The third-order valence-electron chi connectivity index (χ3n) is 4.15. The van der Waals surface area contributed by atoms with Crippen LogP contribution >= 0.6 is 0 Å². The molecule has 1 aliphatic heterocycles. The topological polar surface area (TPSA) is 42.7 Å². The van der Waals surface area contributed by atoms with Gasteiger partial charge in [0.25, 0.3) is 0 Å². The van der Waals surface area contributed by atoms with Crippen LogP contribution in [-0.4, -0.2) is 17.5 Å². The van der Waals surface area contributed by atoms with E-state index in [0.29, 0.717) is 26.1 Å². The predicted molar refractivity (Wildman–Crippen MR) is 93.3 cm³/mol. The number of hydrogen-bond acceptors (Lipinski definition) is 3. The Morgan fingerprint density at radius 3 is 2.88 bits per heavy atom. The average Bonchev–Trinajstić information content (AvgIpc) is 3.04. The maximum Gasteiger partial charge on any atom is 0.410 e. The third-order valence-corrected chi connectivity index (χ3v) is 4.15. The number of furan rings is 1. The number of benzene rings is 1. The first-order valence-corrected chi connectivity index (χ1v) is 8.07. The van der Waals surface area contributed by atoms with E-state index in [9.17, 15) is 4.79 Å². The van der Waals surface area contributed by atoms with E-state index in [-0.39, 0.29) is 6.09 Å². The fraction of sp³-hybridized carbons (Fsp3) is 0.250. The monoisotopic (exact) mass is 323 g/mol. The molecule has 0 spiro atoms. The molecular formula is C20H21NO3. The van der Waals surface area contributed by atoms with Crippen LogP contribution < -0.4 is 0 Å². The lowest BCUT2D eigenvalue weighted by Crippen LogP contribution is -2.35. The van der Waals surface area contributed by atoms with E-state index in [2.05, 4.69) is 6.58 Å². The van der Waals surface area contributed by atoms with Crippen molar-refractivity contribution in [2.45, 2.75) is 26.5 Å². The van der Waals surface area contributed by atoms with Crippen LogP contribution in [-0.2, 0) is 24.3 Å². The molecule has 24 heavy (non-hydrogen) atoms. The van der Waals surface area contributed by atoms with E-state index in [0.717, 1.165) is 28.2 Å². The molecule has 0 aliphatic carbocycles. The molecule has 4 heteroatoms. The van der Waals surface area contributed by atoms with Crippen molar-refractivity contribution in [2.75, 3.05) is 6.54 Å². The zero-order chi connectivity index (χ0) is 16.9. The molecule has 1 aromatic carbocycles. The van der Waals surface area contributed by atoms with Gasteiger partial charge in [0.15, 0.2) is 0 Å². The molecule has 0 radical (unpaired) electrons. The summed E-state index contributed by atoms with van der Waals surface area (Å²) in [6.07, 6.45) is 4.14. The van der Waals surface area contributed by atoms with Crippen LogP contribution in [0.5, 0.6) is 0 Å². The van der Waals surface area contributed by atoms with Crippen LogP contribution in [0.1, 0.15) is 29.6 Å². The fourth-order valence-corrected chi connectivity index (χ4v) is 2.80. The number of fused-ring (bicyclic) bond motifs is 1. The van der Waals surface area contributed by atoms with Gasteiger partial charge in [-0.05, 0) is 18.6 Å². The summed E-state index contributed by atoms with van der Waals surface area (Å²) in [5.41, 5.74) is 2.98. The minimum atomic E-state index is -0.290. The Morgan fingerprint density at radius 1 is 1.38 bits per heavy atom. The van der Waals surface area contributed by atoms with Crippen LogP contribution in [0.4, 0.5) is 4.79 Å². The van der Waals surface area contributed by atoms with Crippen molar-refractivity contribution in [3.63, 3.8) is 0 Å². The molecule has 0 bridgehead atoms. The molecule has 0 fully saturated rings. The summed E-state index contributed by atoms with van der Waals surface area (Å²) in [5.74, 6) is 1.75. The maximum atomic E-state index is 12.3. The molecule has 3 rings (SSSR count). The molecule has 0 saturated heterocycles. The number of carbonyl (C=O) groups excluding carboxylic acids is 1. The molecule has 2 aromatic rings. The SMILES string of the molecule is C=C/C(=C\C)c1cc2c(o1)CCN(C(=O)OCc1ccccc1)C2. The van der Waals surface area contributed by atoms with Gasteiger partial charge in [-0.3, -0.25) is 0 Å². The quantitative estimate of drug-likeness (QED) is 0.774. The number of allylic oxidation sites excluding steroid dienone is 3. The van der Waals surface area contributed by atoms with Crippen LogP contribution in [0.25, 0.3) is 5.57 Å². The highest BCUT2D eigenvalue weighted by atomic mass is 16.6. The minimum Gasteiger partial charge on any atom is -0.461 e. The number of carbonyl (C=O) groups is 1. The molecule has 0 atom stereocenters. The summed E-state index contributed by atoms with van der Waals surface area (Å²) in [4.78, 5) is 14.0. The van der Waals surface area contributed by atoms with E-state index < -0.39 is 0 Å². The van der Waals surface area contributed by atoms with E-state index in [1.807, 2.05) is 49.4 Å². The smallest absolute Gasteiger partial charge is 0.410 e. The van der Waals surface area contributed by atoms with Gasteiger partial charge in [0, 0.05) is 24.1 Å². The summed E-state index contributed by atoms with van der Waals surface area (Å²) >= 11 is 0. The number of ether oxygens (including phenoxy) is 1. The van der Waals surface area contributed by atoms with Crippen LogP contribution in [0, 0.1) is 0 Å². The zero-order valence-electron chi connectivity index (χ0n) is 13.8. The molecular weight excluding hydrogens is 302 g/mol. The Kier molecular flexibility index (Phi) is 4.85. The first kappa shape index (κ1) is 16.1. The van der Waals surface area contributed by atoms with Gasteiger partial charge in [-0.25, -0.2) is 4.79 Å². The Labute approximate surface area is 142 Å². The molecule has 1 amide bonds. The number of amides is 1. The van der Waals surface area contributed by atoms with Crippen molar-refractivity contribution in [1.82, 2.24) is 4.90 Å². The Hall–Kier alpha value is -2.75. The average molecular weight is 323 g/mol. The second kappa shape index (κ2) is 7.21. The van der Waals surface area contributed by atoms with Crippen molar-refractivity contribution >= 4 is 11.7 Å². The molecule has 0 saturated carbocycles. The Morgan fingerprint density at radius 2 is 2.17 bits per heavy atom. The van der Waals surface area contributed by atoms with Gasteiger partial charge in [-0.15, -0.1) is 0 Å².